The lowest BCUT2D eigenvalue weighted by atomic mass is 10.1. The maximum atomic E-state index is 12.4. The third kappa shape index (κ3) is 4.03. The Balaban J connectivity index is 2.12. The van der Waals surface area contributed by atoms with E-state index in [1.54, 1.807) is 30.3 Å². The zero-order valence-corrected chi connectivity index (χ0v) is 13.2. The van der Waals surface area contributed by atoms with Gasteiger partial charge in [-0.1, -0.05) is 17.7 Å². The molecule has 0 aliphatic rings. The average molecular weight is 311 g/mol. The second kappa shape index (κ2) is 5.90. The van der Waals surface area contributed by atoms with E-state index in [1.165, 1.54) is 6.66 Å². The molecule has 106 valence electrons. The molecule has 1 atom stereocenters. The number of rotatable bonds is 4. The van der Waals surface area contributed by atoms with E-state index in [4.69, 9.17) is 20.6 Å². The van der Waals surface area contributed by atoms with Gasteiger partial charge in [0.2, 0.25) is 0 Å². The van der Waals surface area contributed by atoms with Crippen LogP contribution in [0.4, 0.5) is 0 Å². The molecule has 0 aliphatic heterocycles. The average Bonchev–Trinajstić information content (AvgIpc) is 2.36. The third-order valence-electron chi connectivity index (χ3n) is 2.83. The van der Waals surface area contributed by atoms with Gasteiger partial charge in [-0.25, -0.2) is 4.57 Å². The van der Waals surface area contributed by atoms with Crippen molar-refractivity contribution in [3.63, 3.8) is 0 Å². The Morgan fingerprint density at radius 1 is 0.900 bits per heavy atom. The van der Waals surface area contributed by atoms with Crippen molar-refractivity contribution in [2.75, 3.05) is 6.66 Å². The smallest absolute Gasteiger partial charge is 0.416 e. The predicted molar refractivity (Wildman–Crippen MR) is 82.2 cm³/mol. The van der Waals surface area contributed by atoms with E-state index in [9.17, 15) is 4.57 Å². The van der Waals surface area contributed by atoms with Crippen molar-refractivity contribution in [2.45, 2.75) is 13.8 Å². The molecule has 3 nitrogen and oxygen atoms in total. The summed E-state index contributed by atoms with van der Waals surface area (Å²) < 4.78 is 23.2. The molecule has 0 bridgehead atoms. The Morgan fingerprint density at radius 2 is 1.45 bits per heavy atom. The van der Waals surface area contributed by atoms with E-state index in [0.29, 0.717) is 16.5 Å². The zero-order valence-electron chi connectivity index (χ0n) is 11.6. The van der Waals surface area contributed by atoms with E-state index in [-0.39, 0.29) is 0 Å². The van der Waals surface area contributed by atoms with Crippen LogP contribution in [0.1, 0.15) is 11.1 Å². The first-order chi connectivity index (χ1) is 9.35. The van der Waals surface area contributed by atoms with Gasteiger partial charge in [-0.15, -0.1) is 0 Å². The second-order valence-corrected chi connectivity index (χ2v) is 7.00. The van der Waals surface area contributed by atoms with Gasteiger partial charge in [0.25, 0.3) is 0 Å². The molecule has 0 saturated heterocycles. The van der Waals surface area contributed by atoms with Crippen LogP contribution < -0.4 is 9.05 Å². The molecule has 0 heterocycles. The van der Waals surface area contributed by atoms with Crippen molar-refractivity contribution < 1.29 is 13.6 Å². The van der Waals surface area contributed by atoms with Crippen molar-refractivity contribution >= 4 is 19.2 Å². The predicted octanol–water partition coefficient (Wildman–Crippen LogP) is 5.24. The van der Waals surface area contributed by atoms with Crippen molar-refractivity contribution in [1.29, 1.82) is 0 Å². The number of aryl methyl sites for hydroxylation is 2. The summed E-state index contributed by atoms with van der Waals surface area (Å²) in [6.45, 7) is 5.43. The third-order valence-corrected chi connectivity index (χ3v) is 4.17. The van der Waals surface area contributed by atoms with Gasteiger partial charge < -0.3 is 9.05 Å². The highest BCUT2D eigenvalue weighted by Gasteiger charge is 2.20. The molecule has 0 amide bonds. The first kappa shape index (κ1) is 15.0. The molecule has 0 saturated carbocycles. The maximum Gasteiger partial charge on any atom is 0.427 e. The second-order valence-electron chi connectivity index (χ2n) is 4.65. The lowest BCUT2D eigenvalue weighted by Gasteiger charge is -2.16. The normalized spacial score (nSPS) is 13.6. The van der Waals surface area contributed by atoms with E-state index in [1.807, 2.05) is 26.0 Å². The van der Waals surface area contributed by atoms with Gasteiger partial charge in [0.05, 0.1) is 6.66 Å². The van der Waals surface area contributed by atoms with Crippen LogP contribution >= 0.6 is 19.2 Å². The molecule has 0 aliphatic carbocycles. The van der Waals surface area contributed by atoms with E-state index in [2.05, 4.69) is 0 Å². The van der Waals surface area contributed by atoms with E-state index < -0.39 is 7.60 Å². The van der Waals surface area contributed by atoms with Gasteiger partial charge in [-0.3, -0.25) is 0 Å². The van der Waals surface area contributed by atoms with Crippen molar-refractivity contribution in [3.8, 4) is 11.5 Å². The van der Waals surface area contributed by atoms with Crippen LogP contribution in [-0.4, -0.2) is 6.66 Å². The van der Waals surface area contributed by atoms with Crippen LogP contribution in [0.5, 0.6) is 11.5 Å². The van der Waals surface area contributed by atoms with Crippen LogP contribution in [-0.2, 0) is 4.57 Å². The molecule has 0 radical (unpaired) electrons. The van der Waals surface area contributed by atoms with Crippen LogP contribution in [0.15, 0.2) is 42.5 Å². The molecule has 0 N–H and O–H groups in total. The summed E-state index contributed by atoms with van der Waals surface area (Å²) in [4.78, 5) is 0. The molecule has 0 aromatic heterocycles. The van der Waals surface area contributed by atoms with Gasteiger partial charge in [0, 0.05) is 5.02 Å². The van der Waals surface area contributed by atoms with Gasteiger partial charge in [-0.2, -0.15) is 0 Å². The summed E-state index contributed by atoms with van der Waals surface area (Å²) in [6, 6.07) is 12.2. The molecule has 2 aromatic rings. The van der Waals surface area contributed by atoms with Crippen LogP contribution in [0.2, 0.25) is 5.02 Å². The van der Waals surface area contributed by atoms with Gasteiger partial charge in [0.1, 0.15) is 11.5 Å². The van der Waals surface area contributed by atoms with E-state index in [0.717, 1.165) is 11.1 Å². The Morgan fingerprint density at radius 3 is 2.05 bits per heavy atom. The fourth-order valence-electron chi connectivity index (χ4n) is 1.67. The number of hydrogen-bond acceptors (Lipinski definition) is 3. The molecule has 2 rings (SSSR count). The summed E-state index contributed by atoms with van der Waals surface area (Å²) >= 11 is 5.79. The van der Waals surface area contributed by atoms with Crippen LogP contribution in [0.3, 0.4) is 0 Å². The standard InChI is InChI=1S/C15H16ClO3P/c1-11-4-7-15(10-12(11)2)19-20(3,17)18-14-8-5-13(16)6-9-14/h4-10H,1-3H3. The van der Waals surface area contributed by atoms with Crippen molar-refractivity contribution in [3.05, 3.63) is 58.6 Å². The maximum absolute atomic E-state index is 12.4. The Hall–Kier alpha value is -1.44. The lowest BCUT2D eigenvalue weighted by molar-refractivity contribution is 0.393. The highest BCUT2D eigenvalue weighted by atomic mass is 35.5. The quantitative estimate of drug-likeness (QED) is 0.725. The van der Waals surface area contributed by atoms with Gasteiger partial charge >= 0.3 is 7.60 Å². The number of benzene rings is 2. The van der Waals surface area contributed by atoms with Crippen molar-refractivity contribution in [1.82, 2.24) is 0 Å². The van der Waals surface area contributed by atoms with E-state index >= 15 is 0 Å². The monoisotopic (exact) mass is 310 g/mol. The minimum Gasteiger partial charge on any atom is -0.416 e. The summed E-state index contributed by atoms with van der Waals surface area (Å²) in [7, 11) is -3.23. The summed E-state index contributed by atoms with van der Waals surface area (Å²) in [5, 5.41) is 0.596. The van der Waals surface area contributed by atoms with Gasteiger partial charge in [0.15, 0.2) is 0 Å². The SMILES string of the molecule is Cc1ccc(OP(C)(=O)Oc2ccc(Cl)cc2)cc1C. The number of halogens is 1. The molecule has 20 heavy (non-hydrogen) atoms. The molecule has 1 unspecified atom stereocenters. The summed E-state index contributed by atoms with van der Waals surface area (Å²) in [6.07, 6.45) is 0. The fraction of sp³-hybridized carbons (Fsp3) is 0.200. The molecular weight excluding hydrogens is 295 g/mol. The minimum atomic E-state index is -3.23. The highest BCUT2D eigenvalue weighted by molar-refractivity contribution is 7.53. The molecule has 0 fully saturated rings. The first-order valence-corrected chi connectivity index (χ1v) is 8.52. The summed E-state index contributed by atoms with van der Waals surface area (Å²) in [5.74, 6) is 0.997. The molecular formula is C15H16ClO3P. The minimum absolute atomic E-state index is 0.462. The molecule has 0 spiro atoms. The van der Waals surface area contributed by atoms with Crippen LogP contribution in [0.25, 0.3) is 0 Å². The first-order valence-electron chi connectivity index (χ1n) is 6.15. The topological polar surface area (TPSA) is 35.5 Å². The van der Waals surface area contributed by atoms with Gasteiger partial charge in [-0.05, 0) is 61.4 Å². The Kier molecular flexibility index (Phi) is 4.42. The summed E-state index contributed by atoms with van der Waals surface area (Å²) in [5.41, 5.74) is 2.23. The van der Waals surface area contributed by atoms with Crippen LogP contribution in [0, 0.1) is 13.8 Å². The highest BCUT2D eigenvalue weighted by Crippen LogP contribution is 2.45. The Labute approximate surface area is 124 Å². The lowest BCUT2D eigenvalue weighted by Crippen LogP contribution is -1.99. The molecule has 5 heteroatoms. The fourth-order valence-corrected chi connectivity index (χ4v) is 2.83. The molecule has 2 aromatic carbocycles. The largest absolute Gasteiger partial charge is 0.427 e. The number of hydrogen-bond donors (Lipinski definition) is 0. The van der Waals surface area contributed by atoms with Crippen molar-refractivity contribution in [2.24, 2.45) is 0 Å². The zero-order chi connectivity index (χ0) is 14.8. The Bertz CT molecular complexity index is 653.